The number of hydrogen-bond acceptors (Lipinski definition) is 2. The van der Waals surface area contributed by atoms with E-state index in [0.717, 1.165) is 31.4 Å². The highest BCUT2D eigenvalue weighted by Crippen LogP contribution is 2.17. The van der Waals surface area contributed by atoms with E-state index in [1.807, 2.05) is 0 Å². The molecule has 0 bridgehead atoms. The van der Waals surface area contributed by atoms with Crippen molar-refractivity contribution in [2.75, 3.05) is 25.6 Å². The average molecular weight is 248 g/mol. The third-order valence-corrected chi connectivity index (χ3v) is 3.78. The molecule has 0 aliphatic carbocycles. The van der Waals surface area contributed by atoms with Crippen LogP contribution < -0.4 is 0 Å². The molecule has 0 amide bonds. The Labute approximate surface area is 105 Å². The minimum Gasteiger partial charge on any atom is -0.376 e. The standard InChI is InChI=1S/C13H26ClNO/c1-4-13-10-16-12(3)9-15(13)8-6-11(2)5-7-14/h11-13H,4-10H2,1-3H3. The molecular weight excluding hydrogens is 222 g/mol. The van der Waals surface area contributed by atoms with Crippen LogP contribution >= 0.6 is 11.6 Å². The molecule has 0 saturated carbocycles. The minimum absolute atomic E-state index is 0.395. The smallest absolute Gasteiger partial charge is 0.0674 e. The summed E-state index contributed by atoms with van der Waals surface area (Å²) in [6.45, 7) is 9.91. The molecule has 3 atom stereocenters. The van der Waals surface area contributed by atoms with Gasteiger partial charge in [0, 0.05) is 18.5 Å². The second kappa shape index (κ2) is 7.52. The van der Waals surface area contributed by atoms with Crippen LogP contribution in [0.1, 0.15) is 40.0 Å². The summed E-state index contributed by atoms with van der Waals surface area (Å²) in [7, 11) is 0. The van der Waals surface area contributed by atoms with Crippen molar-refractivity contribution in [3.8, 4) is 0 Å². The molecule has 1 saturated heterocycles. The molecule has 0 radical (unpaired) electrons. The maximum atomic E-state index is 5.76. The zero-order chi connectivity index (χ0) is 12.0. The normalized spacial score (nSPS) is 29.2. The van der Waals surface area contributed by atoms with E-state index in [1.54, 1.807) is 0 Å². The van der Waals surface area contributed by atoms with E-state index in [2.05, 4.69) is 25.7 Å². The maximum absolute atomic E-state index is 5.76. The van der Waals surface area contributed by atoms with Crippen LogP contribution in [0.3, 0.4) is 0 Å². The molecular formula is C13H26ClNO. The molecule has 0 aromatic rings. The average Bonchev–Trinajstić information content (AvgIpc) is 2.27. The lowest BCUT2D eigenvalue weighted by Crippen LogP contribution is -2.48. The number of alkyl halides is 1. The minimum atomic E-state index is 0.395. The van der Waals surface area contributed by atoms with Crippen molar-refractivity contribution >= 4 is 11.6 Å². The molecule has 0 spiro atoms. The Bertz CT molecular complexity index is 189. The Kier molecular flexibility index (Phi) is 6.71. The van der Waals surface area contributed by atoms with Crippen molar-refractivity contribution < 1.29 is 4.74 Å². The number of rotatable bonds is 6. The van der Waals surface area contributed by atoms with Gasteiger partial charge in [-0.1, -0.05) is 13.8 Å². The van der Waals surface area contributed by atoms with E-state index in [9.17, 15) is 0 Å². The zero-order valence-electron chi connectivity index (χ0n) is 10.9. The van der Waals surface area contributed by atoms with E-state index in [1.165, 1.54) is 19.4 Å². The molecule has 0 N–H and O–H groups in total. The highest BCUT2D eigenvalue weighted by Gasteiger charge is 2.25. The second-order valence-electron chi connectivity index (χ2n) is 5.07. The molecule has 16 heavy (non-hydrogen) atoms. The summed E-state index contributed by atoms with van der Waals surface area (Å²) in [4.78, 5) is 2.60. The van der Waals surface area contributed by atoms with Gasteiger partial charge in [0.1, 0.15) is 0 Å². The fraction of sp³-hybridized carbons (Fsp3) is 1.00. The molecule has 1 rings (SSSR count). The van der Waals surface area contributed by atoms with Crippen molar-refractivity contribution in [2.24, 2.45) is 5.92 Å². The largest absolute Gasteiger partial charge is 0.376 e. The number of nitrogens with zero attached hydrogens (tertiary/aromatic N) is 1. The number of ether oxygens (including phenoxy) is 1. The Balaban J connectivity index is 2.31. The zero-order valence-corrected chi connectivity index (χ0v) is 11.7. The summed E-state index contributed by atoms with van der Waals surface area (Å²) in [5.41, 5.74) is 0. The van der Waals surface area contributed by atoms with Crippen molar-refractivity contribution in [3.63, 3.8) is 0 Å². The molecule has 2 nitrogen and oxygen atoms in total. The highest BCUT2D eigenvalue weighted by molar-refractivity contribution is 6.17. The molecule has 1 aliphatic heterocycles. The van der Waals surface area contributed by atoms with E-state index >= 15 is 0 Å². The lowest BCUT2D eigenvalue weighted by molar-refractivity contribution is -0.0570. The quantitative estimate of drug-likeness (QED) is 0.669. The van der Waals surface area contributed by atoms with Crippen LogP contribution in [-0.4, -0.2) is 42.6 Å². The second-order valence-corrected chi connectivity index (χ2v) is 5.45. The lowest BCUT2D eigenvalue weighted by atomic mass is 10.0. The fourth-order valence-electron chi connectivity index (χ4n) is 2.28. The van der Waals surface area contributed by atoms with E-state index in [-0.39, 0.29) is 0 Å². The van der Waals surface area contributed by atoms with Gasteiger partial charge in [0.2, 0.25) is 0 Å². The Morgan fingerprint density at radius 3 is 2.81 bits per heavy atom. The first-order valence-electron chi connectivity index (χ1n) is 6.59. The summed E-state index contributed by atoms with van der Waals surface area (Å²) in [6, 6.07) is 0.624. The van der Waals surface area contributed by atoms with Crippen molar-refractivity contribution in [3.05, 3.63) is 0 Å². The van der Waals surface area contributed by atoms with Gasteiger partial charge in [-0.3, -0.25) is 4.90 Å². The molecule has 3 unspecified atom stereocenters. The van der Waals surface area contributed by atoms with Gasteiger partial charge in [-0.05, 0) is 38.6 Å². The van der Waals surface area contributed by atoms with Crippen LogP contribution in [0.5, 0.6) is 0 Å². The van der Waals surface area contributed by atoms with Gasteiger partial charge in [-0.25, -0.2) is 0 Å². The van der Waals surface area contributed by atoms with E-state index < -0.39 is 0 Å². The first kappa shape index (κ1) is 14.3. The van der Waals surface area contributed by atoms with Gasteiger partial charge in [-0.2, -0.15) is 0 Å². The van der Waals surface area contributed by atoms with Gasteiger partial charge in [-0.15, -0.1) is 11.6 Å². The molecule has 0 aromatic carbocycles. The first-order chi connectivity index (χ1) is 7.67. The molecule has 1 aliphatic rings. The van der Waals surface area contributed by atoms with Crippen LogP contribution in [0.2, 0.25) is 0 Å². The van der Waals surface area contributed by atoms with Gasteiger partial charge in [0.05, 0.1) is 12.7 Å². The summed E-state index contributed by atoms with van der Waals surface area (Å²) >= 11 is 5.76. The summed E-state index contributed by atoms with van der Waals surface area (Å²) in [6.07, 6.45) is 3.98. The Morgan fingerprint density at radius 1 is 1.44 bits per heavy atom. The molecule has 1 fully saturated rings. The van der Waals surface area contributed by atoms with Gasteiger partial charge < -0.3 is 4.74 Å². The van der Waals surface area contributed by atoms with Crippen molar-refractivity contribution in [1.82, 2.24) is 4.90 Å². The number of halogens is 1. The summed E-state index contributed by atoms with van der Waals surface area (Å²) in [5, 5.41) is 0. The monoisotopic (exact) mass is 247 g/mol. The van der Waals surface area contributed by atoms with Gasteiger partial charge >= 0.3 is 0 Å². The SMILES string of the molecule is CCC1COC(C)CN1CCC(C)CCCl. The fourth-order valence-corrected chi connectivity index (χ4v) is 2.65. The molecule has 3 heteroatoms. The van der Waals surface area contributed by atoms with Crippen LogP contribution in [0.15, 0.2) is 0 Å². The van der Waals surface area contributed by atoms with Crippen LogP contribution in [0, 0.1) is 5.92 Å². The van der Waals surface area contributed by atoms with Crippen LogP contribution in [0.4, 0.5) is 0 Å². The van der Waals surface area contributed by atoms with E-state index in [4.69, 9.17) is 16.3 Å². The Hall–Kier alpha value is 0.210. The number of hydrogen-bond donors (Lipinski definition) is 0. The third-order valence-electron chi connectivity index (χ3n) is 3.56. The molecule has 96 valence electrons. The van der Waals surface area contributed by atoms with Crippen LogP contribution in [-0.2, 0) is 4.74 Å². The van der Waals surface area contributed by atoms with Gasteiger partial charge in [0.15, 0.2) is 0 Å². The summed E-state index contributed by atoms with van der Waals surface area (Å²) in [5.74, 6) is 1.53. The van der Waals surface area contributed by atoms with Gasteiger partial charge in [0.25, 0.3) is 0 Å². The maximum Gasteiger partial charge on any atom is 0.0674 e. The lowest BCUT2D eigenvalue weighted by Gasteiger charge is -2.38. The van der Waals surface area contributed by atoms with Crippen molar-refractivity contribution in [2.45, 2.75) is 52.2 Å². The predicted molar refractivity (Wildman–Crippen MR) is 70.2 cm³/mol. The third kappa shape index (κ3) is 4.60. The first-order valence-corrected chi connectivity index (χ1v) is 7.12. The van der Waals surface area contributed by atoms with Crippen LogP contribution in [0.25, 0.3) is 0 Å². The predicted octanol–water partition coefficient (Wildman–Crippen LogP) is 3.14. The highest BCUT2D eigenvalue weighted by atomic mass is 35.5. The van der Waals surface area contributed by atoms with Crippen molar-refractivity contribution in [1.29, 1.82) is 0 Å². The topological polar surface area (TPSA) is 12.5 Å². The number of morpholine rings is 1. The van der Waals surface area contributed by atoms with E-state index in [0.29, 0.717) is 12.1 Å². The Morgan fingerprint density at radius 2 is 2.19 bits per heavy atom. The molecule has 0 aromatic heterocycles. The molecule has 1 heterocycles. The summed E-state index contributed by atoms with van der Waals surface area (Å²) < 4.78 is 5.70.